The molecular formula is C17H26N2O5S. The van der Waals surface area contributed by atoms with E-state index in [1.165, 1.54) is 24.3 Å². The van der Waals surface area contributed by atoms with Crippen molar-refractivity contribution in [2.24, 2.45) is 0 Å². The smallest absolute Gasteiger partial charge is 0.257 e. The standard InChI is InChI=1S/C17H26N2O5S/c20-12-4-11-18-17(21)13-24-15-7-9-16(10-8-15)25(22,23)19-14-5-2-1-3-6-14/h7-10,14,19-20H,1-6,11-13H2,(H,18,21). The molecule has 1 amide bonds. The average Bonchev–Trinajstić information content (AvgIpc) is 2.61. The molecule has 1 aliphatic rings. The molecule has 25 heavy (non-hydrogen) atoms. The van der Waals surface area contributed by atoms with Crippen molar-refractivity contribution in [1.29, 1.82) is 0 Å². The summed E-state index contributed by atoms with van der Waals surface area (Å²) < 4.78 is 32.9. The van der Waals surface area contributed by atoms with E-state index in [4.69, 9.17) is 9.84 Å². The zero-order chi connectivity index (χ0) is 18.1. The summed E-state index contributed by atoms with van der Waals surface area (Å²) in [5, 5.41) is 11.3. The molecule has 0 saturated heterocycles. The third-order valence-corrected chi connectivity index (χ3v) is 5.62. The number of benzene rings is 1. The van der Waals surface area contributed by atoms with Crippen molar-refractivity contribution in [3.8, 4) is 5.75 Å². The number of aliphatic hydroxyl groups excluding tert-OH is 1. The van der Waals surface area contributed by atoms with E-state index in [9.17, 15) is 13.2 Å². The molecule has 1 aromatic carbocycles. The van der Waals surface area contributed by atoms with Gasteiger partial charge in [0.05, 0.1) is 4.90 Å². The molecule has 8 heteroatoms. The summed E-state index contributed by atoms with van der Waals surface area (Å²) >= 11 is 0. The Morgan fingerprint density at radius 2 is 1.84 bits per heavy atom. The number of rotatable bonds is 9. The van der Waals surface area contributed by atoms with Crippen LogP contribution in [0.1, 0.15) is 38.5 Å². The number of amides is 1. The van der Waals surface area contributed by atoms with E-state index in [2.05, 4.69) is 10.0 Å². The van der Waals surface area contributed by atoms with Crippen LogP contribution >= 0.6 is 0 Å². The van der Waals surface area contributed by atoms with Gasteiger partial charge in [0.25, 0.3) is 5.91 Å². The van der Waals surface area contributed by atoms with Crippen molar-refractivity contribution in [2.45, 2.75) is 49.5 Å². The highest BCUT2D eigenvalue weighted by molar-refractivity contribution is 7.89. The van der Waals surface area contributed by atoms with Crippen LogP contribution in [-0.2, 0) is 14.8 Å². The van der Waals surface area contributed by atoms with Crippen LogP contribution in [-0.4, -0.2) is 45.2 Å². The van der Waals surface area contributed by atoms with Gasteiger partial charge in [0.2, 0.25) is 10.0 Å². The van der Waals surface area contributed by atoms with Gasteiger partial charge in [0.15, 0.2) is 6.61 Å². The molecular weight excluding hydrogens is 344 g/mol. The first-order valence-electron chi connectivity index (χ1n) is 8.64. The van der Waals surface area contributed by atoms with Crippen molar-refractivity contribution in [3.05, 3.63) is 24.3 Å². The Morgan fingerprint density at radius 1 is 1.16 bits per heavy atom. The summed E-state index contributed by atoms with van der Waals surface area (Å²) in [4.78, 5) is 11.7. The van der Waals surface area contributed by atoms with E-state index >= 15 is 0 Å². The molecule has 0 aromatic heterocycles. The second-order valence-corrected chi connectivity index (χ2v) is 7.86. The summed E-state index contributed by atoms with van der Waals surface area (Å²) in [6, 6.07) is 6.04. The predicted molar refractivity (Wildman–Crippen MR) is 93.8 cm³/mol. The Labute approximate surface area is 148 Å². The lowest BCUT2D eigenvalue weighted by atomic mass is 9.96. The zero-order valence-corrected chi connectivity index (χ0v) is 15.1. The van der Waals surface area contributed by atoms with Crippen molar-refractivity contribution < 1.29 is 23.1 Å². The number of nitrogens with one attached hydrogen (secondary N) is 2. The fourth-order valence-electron chi connectivity index (χ4n) is 2.73. The van der Waals surface area contributed by atoms with Crippen LogP contribution in [0.2, 0.25) is 0 Å². The molecule has 0 radical (unpaired) electrons. The van der Waals surface area contributed by atoms with Crippen molar-refractivity contribution in [3.63, 3.8) is 0 Å². The monoisotopic (exact) mass is 370 g/mol. The Balaban J connectivity index is 1.84. The highest BCUT2D eigenvalue weighted by atomic mass is 32.2. The molecule has 7 nitrogen and oxygen atoms in total. The van der Waals surface area contributed by atoms with Gasteiger partial charge in [-0.05, 0) is 43.5 Å². The minimum Gasteiger partial charge on any atom is -0.484 e. The SMILES string of the molecule is O=C(COc1ccc(S(=O)(=O)NC2CCCCC2)cc1)NCCCO. The van der Waals surface area contributed by atoms with Gasteiger partial charge in [0.1, 0.15) is 5.75 Å². The number of sulfonamides is 1. The molecule has 1 fully saturated rings. The third kappa shape index (κ3) is 6.64. The van der Waals surface area contributed by atoms with Gasteiger partial charge in [-0.2, -0.15) is 0 Å². The summed E-state index contributed by atoms with van der Waals surface area (Å²) in [6.07, 6.45) is 5.53. The van der Waals surface area contributed by atoms with Crippen LogP contribution in [0.4, 0.5) is 0 Å². The number of hydrogen-bond acceptors (Lipinski definition) is 5. The molecule has 0 bridgehead atoms. The average molecular weight is 370 g/mol. The van der Waals surface area contributed by atoms with Crippen molar-refractivity contribution >= 4 is 15.9 Å². The zero-order valence-electron chi connectivity index (χ0n) is 14.2. The van der Waals surface area contributed by atoms with Crippen LogP contribution in [0.3, 0.4) is 0 Å². The van der Waals surface area contributed by atoms with Crippen LogP contribution in [0, 0.1) is 0 Å². The van der Waals surface area contributed by atoms with Crippen LogP contribution in [0.5, 0.6) is 5.75 Å². The quantitative estimate of drug-likeness (QED) is 0.566. The highest BCUT2D eigenvalue weighted by Crippen LogP contribution is 2.21. The minimum absolute atomic E-state index is 0.0114. The van der Waals surface area contributed by atoms with Crippen LogP contribution in [0.25, 0.3) is 0 Å². The fraction of sp³-hybridized carbons (Fsp3) is 0.588. The molecule has 140 valence electrons. The predicted octanol–water partition coefficient (Wildman–Crippen LogP) is 1.17. The van der Waals surface area contributed by atoms with E-state index in [0.29, 0.717) is 18.7 Å². The molecule has 1 saturated carbocycles. The Hall–Kier alpha value is -1.64. The lowest BCUT2D eigenvalue weighted by molar-refractivity contribution is -0.123. The molecule has 0 spiro atoms. The van der Waals surface area contributed by atoms with Gasteiger partial charge in [0, 0.05) is 19.2 Å². The molecule has 0 aliphatic heterocycles. The first-order valence-corrected chi connectivity index (χ1v) is 10.1. The molecule has 0 heterocycles. The molecule has 0 unspecified atom stereocenters. The largest absolute Gasteiger partial charge is 0.484 e. The number of ether oxygens (including phenoxy) is 1. The highest BCUT2D eigenvalue weighted by Gasteiger charge is 2.21. The Bertz CT molecular complexity index is 640. The van der Waals surface area contributed by atoms with Gasteiger partial charge in [-0.3, -0.25) is 4.79 Å². The number of aliphatic hydroxyl groups is 1. The second-order valence-electron chi connectivity index (χ2n) is 6.14. The van der Waals surface area contributed by atoms with Gasteiger partial charge < -0.3 is 15.2 Å². The maximum atomic E-state index is 12.4. The van der Waals surface area contributed by atoms with Crippen LogP contribution < -0.4 is 14.8 Å². The Kier molecular flexibility index (Phi) is 7.67. The first-order chi connectivity index (χ1) is 12.0. The van der Waals surface area contributed by atoms with Gasteiger partial charge in [-0.15, -0.1) is 0 Å². The first kappa shape index (κ1) is 19.7. The van der Waals surface area contributed by atoms with Gasteiger partial charge in [-0.25, -0.2) is 13.1 Å². The summed E-state index contributed by atoms with van der Waals surface area (Å²) in [6.45, 7) is 0.256. The number of carbonyl (C=O) groups is 1. The van der Waals surface area contributed by atoms with Crippen molar-refractivity contribution in [1.82, 2.24) is 10.0 Å². The normalized spacial score (nSPS) is 15.7. The summed E-state index contributed by atoms with van der Waals surface area (Å²) in [7, 11) is -3.53. The molecule has 1 aromatic rings. The van der Waals surface area contributed by atoms with Gasteiger partial charge >= 0.3 is 0 Å². The number of carbonyl (C=O) groups excluding carboxylic acids is 1. The Morgan fingerprint density at radius 3 is 2.48 bits per heavy atom. The van der Waals surface area contributed by atoms with Crippen molar-refractivity contribution in [2.75, 3.05) is 19.8 Å². The van der Waals surface area contributed by atoms with Crippen LogP contribution in [0.15, 0.2) is 29.2 Å². The third-order valence-electron chi connectivity index (χ3n) is 4.09. The maximum absolute atomic E-state index is 12.4. The summed E-state index contributed by atoms with van der Waals surface area (Å²) in [5.41, 5.74) is 0. The van der Waals surface area contributed by atoms with E-state index in [1.807, 2.05) is 0 Å². The van der Waals surface area contributed by atoms with E-state index in [-0.39, 0.29) is 30.1 Å². The number of hydrogen-bond donors (Lipinski definition) is 3. The molecule has 2 rings (SSSR count). The fourth-order valence-corrected chi connectivity index (χ4v) is 4.03. The van der Waals surface area contributed by atoms with E-state index < -0.39 is 10.0 Å². The van der Waals surface area contributed by atoms with Gasteiger partial charge in [-0.1, -0.05) is 19.3 Å². The lowest BCUT2D eigenvalue weighted by Crippen LogP contribution is -2.36. The maximum Gasteiger partial charge on any atom is 0.257 e. The lowest BCUT2D eigenvalue weighted by Gasteiger charge is -2.22. The summed E-state index contributed by atoms with van der Waals surface area (Å²) in [5.74, 6) is 0.137. The molecule has 0 atom stereocenters. The molecule has 1 aliphatic carbocycles. The van der Waals surface area contributed by atoms with E-state index in [0.717, 1.165) is 32.1 Å². The molecule has 3 N–H and O–H groups in total. The second kappa shape index (κ2) is 9.74. The topological polar surface area (TPSA) is 105 Å². The minimum atomic E-state index is -3.53. The van der Waals surface area contributed by atoms with E-state index in [1.54, 1.807) is 0 Å².